The number of rotatable bonds is 4. The van der Waals surface area contributed by atoms with Gasteiger partial charge in [-0.3, -0.25) is 9.80 Å². The molecule has 6 nitrogen and oxygen atoms in total. The van der Waals surface area contributed by atoms with Gasteiger partial charge in [0.1, 0.15) is 11.6 Å². The Kier molecular flexibility index (Phi) is 3.84. The van der Waals surface area contributed by atoms with Crippen molar-refractivity contribution >= 4 is 0 Å². The van der Waals surface area contributed by atoms with Crippen molar-refractivity contribution in [3.8, 4) is 0 Å². The van der Waals surface area contributed by atoms with Gasteiger partial charge in [0.05, 0.1) is 13.1 Å². The van der Waals surface area contributed by atoms with Crippen LogP contribution in [0.5, 0.6) is 0 Å². The fraction of sp³-hybridized carbons (Fsp3) is 0.571. The smallest absolute Gasteiger partial charge is 0.122 e. The van der Waals surface area contributed by atoms with Gasteiger partial charge in [-0.2, -0.15) is 0 Å². The van der Waals surface area contributed by atoms with Crippen LogP contribution in [0.3, 0.4) is 0 Å². The molecule has 0 amide bonds. The Morgan fingerprint density at radius 1 is 0.800 bits per heavy atom. The zero-order valence-electron chi connectivity index (χ0n) is 12.2. The van der Waals surface area contributed by atoms with Crippen LogP contribution in [0.1, 0.15) is 11.6 Å². The Labute approximate surface area is 119 Å². The minimum absolute atomic E-state index is 0.944. The predicted octanol–water partition coefficient (Wildman–Crippen LogP) is 0.471. The zero-order valence-corrected chi connectivity index (χ0v) is 12.2. The number of aryl methyl sites for hydroxylation is 2. The van der Waals surface area contributed by atoms with Crippen LogP contribution in [0.4, 0.5) is 0 Å². The summed E-state index contributed by atoms with van der Waals surface area (Å²) < 4.78 is 4.19. The van der Waals surface area contributed by atoms with Crippen molar-refractivity contribution in [1.29, 1.82) is 0 Å². The van der Waals surface area contributed by atoms with Gasteiger partial charge in [0, 0.05) is 65.1 Å². The first-order valence-corrected chi connectivity index (χ1v) is 7.09. The summed E-state index contributed by atoms with van der Waals surface area (Å²) in [7, 11) is 4.11. The van der Waals surface area contributed by atoms with Crippen molar-refractivity contribution in [3.05, 3.63) is 36.4 Å². The Bertz CT molecular complexity index is 499. The summed E-state index contributed by atoms with van der Waals surface area (Å²) in [4.78, 5) is 13.7. The summed E-state index contributed by atoms with van der Waals surface area (Å²) in [5.74, 6) is 2.28. The molecule has 0 spiro atoms. The topological polar surface area (TPSA) is 42.1 Å². The van der Waals surface area contributed by atoms with E-state index >= 15 is 0 Å². The van der Waals surface area contributed by atoms with Crippen LogP contribution in [0, 0.1) is 0 Å². The first-order valence-electron chi connectivity index (χ1n) is 7.09. The van der Waals surface area contributed by atoms with Crippen molar-refractivity contribution in [2.45, 2.75) is 13.1 Å². The van der Waals surface area contributed by atoms with E-state index in [0.717, 1.165) is 50.9 Å². The van der Waals surface area contributed by atoms with Crippen LogP contribution in [0.15, 0.2) is 24.8 Å². The number of imidazole rings is 2. The molecule has 1 fully saturated rings. The maximum Gasteiger partial charge on any atom is 0.122 e. The number of nitrogens with zero attached hydrogens (tertiary/aromatic N) is 6. The lowest BCUT2D eigenvalue weighted by molar-refractivity contribution is 0.116. The Hall–Kier alpha value is -1.66. The molecular formula is C14H22N6. The highest BCUT2D eigenvalue weighted by atomic mass is 15.3. The molecule has 2 aromatic heterocycles. The average Bonchev–Trinajstić information content (AvgIpc) is 3.02. The highest BCUT2D eigenvalue weighted by Crippen LogP contribution is 2.09. The van der Waals surface area contributed by atoms with E-state index in [9.17, 15) is 0 Å². The lowest BCUT2D eigenvalue weighted by atomic mass is 10.3. The molecule has 0 aliphatic carbocycles. The molecule has 0 N–H and O–H groups in total. The summed E-state index contributed by atoms with van der Waals surface area (Å²) >= 11 is 0. The van der Waals surface area contributed by atoms with Crippen LogP contribution in [0.25, 0.3) is 0 Å². The molecule has 3 heterocycles. The first kappa shape index (κ1) is 13.3. The molecule has 0 unspecified atom stereocenters. The molecule has 1 aliphatic rings. The lowest BCUT2D eigenvalue weighted by Crippen LogP contribution is -2.45. The second-order valence-electron chi connectivity index (χ2n) is 5.46. The van der Waals surface area contributed by atoms with E-state index in [1.807, 2.05) is 24.8 Å². The predicted molar refractivity (Wildman–Crippen MR) is 77.0 cm³/mol. The minimum atomic E-state index is 0.944. The zero-order chi connectivity index (χ0) is 13.9. The van der Waals surface area contributed by atoms with Crippen LogP contribution in [0.2, 0.25) is 0 Å². The fourth-order valence-electron chi connectivity index (χ4n) is 2.60. The summed E-state index contributed by atoms with van der Waals surface area (Å²) in [5.41, 5.74) is 0. The summed E-state index contributed by atoms with van der Waals surface area (Å²) in [5, 5.41) is 0. The molecule has 0 aromatic carbocycles. The van der Waals surface area contributed by atoms with Crippen molar-refractivity contribution in [3.63, 3.8) is 0 Å². The summed E-state index contributed by atoms with van der Waals surface area (Å²) in [6.07, 6.45) is 7.75. The van der Waals surface area contributed by atoms with Gasteiger partial charge in [0.25, 0.3) is 0 Å². The van der Waals surface area contributed by atoms with Crippen LogP contribution >= 0.6 is 0 Å². The molecule has 1 aliphatic heterocycles. The van der Waals surface area contributed by atoms with Crippen molar-refractivity contribution in [2.24, 2.45) is 14.1 Å². The maximum absolute atomic E-state index is 4.40. The van der Waals surface area contributed by atoms with E-state index in [4.69, 9.17) is 0 Å². The third-order valence-electron chi connectivity index (χ3n) is 4.04. The van der Waals surface area contributed by atoms with Gasteiger partial charge in [-0.05, 0) is 0 Å². The van der Waals surface area contributed by atoms with Crippen molar-refractivity contribution < 1.29 is 0 Å². The maximum atomic E-state index is 4.40. The molecule has 108 valence electrons. The van der Waals surface area contributed by atoms with E-state index in [-0.39, 0.29) is 0 Å². The van der Waals surface area contributed by atoms with Gasteiger partial charge < -0.3 is 9.13 Å². The van der Waals surface area contributed by atoms with Gasteiger partial charge >= 0.3 is 0 Å². The fourth-order valence-corrected chi connectivity index (χ4v) is 2.60. The Balaban J connectivity index is 1.50. The molecule has 1 saturated heterocycles. The van der Waals surface area contributed by atoms with Gasteiger partial charge in [-0.1, -0.05) is 0 Å². The molecule has 6 heteroatoms. The highest BCUT2D eigenvalue weighted by molar-refractivity contribution is 4.93. The normalized spacial score (nSPS) is 17.7. The second kappa shape index (κ2) is 5.76. The van der Waals surface area contributed by atoms with Gasteiger partial charge in [-0.15, -0.1) is 0 Å². The molecule has 0 bridgehead atoms. The molecule has 2 aromatic rings. The second-order valence-corrected chi connectivity index (χ2v) is 5.46. The van der Waals surface area contributed by atoms with Gasteiger partial charge in [0.2, 0.25) is 0 Å². The summed E-state index contributed by atoms with van der Waals surface area (Å²) in [6, 6.07) is 0. The molecule has 0 atom stereocenters. The average molecular weight is 274 g/mol. The minimum Gasteiger partial charge on any atom is -0.337 e. The van der Waals surface area contributed by atoms with Crippen LogP contribution < -0.4 is 0 Å². The van der Waals surface area contributed by atoms with E-state index in [1.165, 1.54) is 0 Å². The standard InChI is InChI=1S/C14H22N6/c1-17-5-3-15-13(17)11-19-7-9-20(10-8-19)12-14-16-4-6-18(14)2/h3-6H,7-12H2,1-2H3. The molecule has 0 radical (unpaired) electrons. The van der Waals surface area contributed by atoms with E-state index in [0.29, 0.717) is 0 Å². The number of hydrogen-bond acceptors (Lipinski definition) is 4. The van der Waals surface area contributed by atoms with E-state index in [1.54, 1.807) is 0 Å². The monoisotopic (exact) mass is 274 g/mol. The van der Waals surface area contributed by atoms with E-state index in [2.05, 4.69) is 43.0 Å². The number of aromatic nitrogens is 4. The Morgan fingerprint density at radius 2 is 1.20 bits per heavy atom. The van der Waals surface area contributed by atoms with Crippen LogP contribution in [-0.2, 0) is 27.2 Å². The first-order chi connectivity index (χ1) is 9.72. The van der Waals surface area contributed by atoms with Crippen molar-refractivity contribution in [1.82, 2.24) is 28.9 Å². The number of piperazine rings is 1. The molecule has 20 heavy (non-hydrogen) atoms. The number of hydrogen-bond donors (Lipinski definition) is 0. The van der Waals surface area contributed by atoms with Gasteiger partial charge in [-0.25, -0.2) is 9.97 Å². The summed E-state index contributed by atoms with van der Waals surface area (Å²) in [6.45, 7) is 6.27. The van der Waals surface area contributed by atoms with Crippen molar-refractivity contribution in [2.75, 3.05) is 26.2 Å². The lowest BCUT2D eigenvalue weighted by Gasteiger charge is -2.34. The molecular weight excluding hydrogens is 252 g/mol. The third-order valence-corrected chi connectivity index (χ3v) is 4.04. The molecule has 3 rings (SSSR count). The SMILES string of the molecule is Cn1ccnc1CN1CCN(Cc2nccn2C)CC1. The Morgan fingerprint density at radius 3 is 1.50 bits per heavy atom. The highest BCUT2D eigenvalue weighted by Gasteiger charge is 2.19. The van der Waals surface area contributed by atoms with Crippen LogP contribution in [-0.4, -0.2) is 55.1 Å². The quantitative estimate of drug-likeness (QED) is 0.813. The third kappa shape index (κ3) is 2.91. The van der Waals surface area contributed by atoms with E-state index < -0.39 is 0 Å². The van der Waals surface area contributed by atoms with Gasteiger partial charge in [0.15, 0.2) is 0 Å². The largest absolute Gasteiger partial charge is 0.337 e. The molecule has 0 saturated carbocycles.